The molecule has 8 rings (SSSR count). The van der Waals surface area contributed by atoms with Crippen molar-refractivity contribution in [2.75, 3.05) is 82.9 Å². The fourth-order valence-corrected chi connectivity index (χ4v) is 8.95. The molecular weight excluding hydrogens is 821 g/mol. The first kappa shape index (κ1) is 44.1. The van der Waals surface area contributed by atoms with Crippen LogP contribution < -0.4 is 31.5 Å². The van der Waals surface area contributed by atoms with Crippen molar-refractivity contribution < 1.29 is 33.4 Å². The van der Waals surface area contributed by atoms with Crippen LogP contribution in [0.5, 0.6) is 11.5 Å². The van der Waals surface area contributed by atoms with Crippen LogP contribution in [0.3, 0.4) is 0 Å². The van der Waals surface area contributed by atoms with Gasteiger partial charge in [0.15, 0.2) is 11.5 Å². The largest absolute Gasteiger partial charge is 0.491 e. The van der Waals surface area contributed by atoms with Crippen LogP contribution in [0.1, 0.15) is 84.1 Å². The minimum absolute atomic E-state index is 0.0738. The number of carbonyl (C=O) groups excluding carboxylic acids is 5. The third kappa shape index (κ3) is 9.69. The summed E-state index contributed by atoms with van der Waals surface area (Å²) in [5, 5.41) is 7.17. The van der Waals surface area contributed by atoms with Crippen molar-refractivity contribution in [3.63, 3.8) is 0 Å². The highest BCUT2D eigenvalue weighted by Gasteiger charge is 2.42. The van der Waals surface area contributed by atoms with Crippen molar-refractivity contribution in [2.24, 2.45) is 4.99 Å². The molecule has 19 nitrogen and oxygen atoms in total. The van der Waals surface area contributed by atoms with Crippen molar-refractivity contribution >= 4 is 57.9 Å². The average Bonchev–Trinajstić information content (AvgIpc) is 3.93. The number of fused-ring (bicyclic) bond motifs is 4. The zero-order chi connectivity index (χ0) is 44.7. The average molecular weight is 877 g/mol. The molecule has 19 heteroatoms. The predicted molar refractivity (Wildman–Crippen MR) is 238 cm³/mol. The highest BCUT2D eigenvalue weighted by molar-refractivity contribution is 6.09. The van der Waals surface area contributed by atoms with Crippen LogP contribution in [-0.4, -0.2) is 141 Å². The molecule has 2 saturated heterocycles. The van der Waals surface area contributed by atoms with E-state index < -0.39 is 11.9 Å². The summed E-state index contributed by atoms with van der Waals surface area (Å²) in [6, 6.07) is 8.56. The Bertz CT molecular complexity index is 2480. The van der Waals surface area contributed by atoms with E-state index in [1.165, 1.54) is 24.3 Å². The number of aromatic nitrogens is 4. The molecule has 0 spiro atoms. The van der Waals surface area contributed by atoms with E-state index in [4.69, 9.17) is 20.2 Å². The van der Waals surface area contributed by atoms with E-state index in [2.05, 4.69) is 35.4 Å². The van der Waals surface area contributed by atoms with Crippen molar-refractivity contribution in [2.45, 2.75) is 76.9 Å². The van der Waals surface area contributed by atoms with Gasteiger partial charge in [0.2, 0.25) is 23.4 Å². The van der Waals surface area contributed by atoms with Gasteiger partial charge < -0.3 is 40.5 Å². The Labute approximate surface area is 371 Å². The molecule has 338 valence electrons. The van der Waals surface area contributed by atoms with Gasteiger partial charge >= 0.3 is 0 Å². The Morgan fingerprint density at radius 3 is 2.44 bits per heavy atom. The van der Waals surface area contributed by atoms with Crippen molar-refractivity contribution in [1.82, 2.24) is 39.1 Å². The Morgan fingerprint density at radius 1 is 0.938 bits per heavy atom. The lowest BCUT2D eigenvalue weighted by molar-refractivity contribution is -0.150. The summed E-state index contributed by atoms with van der Waals surface area (Å²) in [6.07, 6.45) is 9.44. The number of unbranched alkanes of at least 4 members (excludes halogenated alkanes) is 4. The maximum absolute atomic E-state index is 13.4. The number of anilines is 3. The van der Waals surface area contributed by atoms with E-state index in [1.54, 1.807) is 13.2 Å². The maximum Gasteiger partial charge on any atom is 0.283 e. The molecule has 4 N–H and O–H groups in total. The molecule has 2 aromatic carbocycles. The number of ether oxygens (including phenoxy) is 2. The number of nitrogens with one attached hydrogen (secondary N) is 2. The molecule has 1 unspecified atom stereocenters. The fourth-order valence-electron chi connectivity index (χ4n) is 8.95. The number of rotatable bonds is 17. The molecular formula is C45H56N12O7. The minimum Gasteiger partial charge on any atom is -0.491 e. The first-order valence-electron chi connectivity index (χ1n) is 22.2. The second-order valence-corrected chi connectivity index (χ2v) is 16.6. The van der Waals surface area contributed by atoms with Gasteiger partial charge in [-0.05, 0) is 56.0 Å². The second-order valence-electron chi connectivity index (χ2n) is 16.6. The Hall–Kier alpha value is -6.47. The number of hydrogen-bond acceptors (Lipinski definition) is 14. The predicted octanol–water partition coefficient (Wildman–Crippen LogP) is 3.05. The zero-order valence-electron chi connectivity index (χ0n) is 36.5. The standard InChI is InChI=1S/C45H56N12O7/c1-53-36(59)16-14-33(42(53)61)57-28-29-10-8-11-32(37(29)43(57)62)50-35(58)12-6-4-3-5-7-18-54-21-23-55(24-22-54)19-9-25-64-34-15-13-31-38(39(34)63-2)51-45(56-20-17-47-40(31)56)52-41(60)30-26-48-44(46)49-27-30/h8,10-11,13,15,26-27,33,47H,3-7,9,12,14,16-25,28H2,1-2H3,(H,50,58)(H2,46,48,49). The van der Waals surface area contributed by atoms with Gasteiger partial charge in [0, 0.05) is 90.0 Å². The highest BCUT2D eigenvalue weighted by atomic mass is 16.5. The van der Waals surface area contributed by atoms with Crippen molar-refractivity contribution in [1.29, 1.82) is 0 Å². The number of benzene rings is 2. The number of carbonyl (C=O) groups is 5. The molecule has 0 saturated carbocycles. The number of nitrogens with zero attached hydrogens (tertiary/aromatic N) is 9. The van der Waals surface area contributed by atoms with E-state index in [-0.39, 0.29) is 53.7 Å². The number of hydrogen-bond donors (Lipinski definition) is 3. The summed E-state index contributed by atoms with van der Waals surface area (Å²) in [7, 11) is 3.04. The summed E-state index contributed by atoms with van der Waals surface area (Å²) < 4.78 is 13.9. The SMILES string of the molecule is COc1c(OCCCN2CCN(CCCCCCCC(=O)Nc3cccc4c3C(=O)N(C3CCC(=O)N(C)C3=O)C4)CC2)ccc2c3n(c(=NC(=O)c4cnc(N)nc4)nc12)CCN3. The number of nitrogens with two attached hydrogens (primary N) is 1. The van der Waals surface area contributed by atoms with Gasteiger partial charge in [-0.1, -0.05) is 31.4 Å². The van der Waals surface area contributed by atoms with Crippen LogP contribution in [0.2, 0.25) is 0 Å². The van der Waals surface area contributed by atoms with Crippen LogP contribution in [0.4, 0.5) is 17.5 Å². The van der Waals surface area contributed by atoms with E-state index >= 15 is 0 Å². The molecule has 4 aliphatic rings. The van der Waals surface area contributed by atoms with Gasteiger partial charge in [0.25, 0.3) is 17.7 Å². The van der Waals surface area contributed by atoms with E-state index in [0.29, 0.717) is 60.8 Å². The third-order valence-electron chi connectivity index (χ3n) is 12.5. The van der Waals surface area contributed by atoms with Gasteiger partial charge in [-0.2, -0.15) is 4.99 Å². The number of piperidine rings is 1. The minimum atomic E-state index is -0.681. The van der Waals surface area contributed by atoms with Gasteiger partial charge in [0.1, 0.15) is 17.4 Å². The number of piperazine rings is 1. The normalized spacial score (nSPS) is 18.1. The summed E-state index contributed by atoms with van der Waals surface area (Å²) in [6.45, 7) is 8.12. The summed E-state index contributed by atoms with van der Waals surface area (Å²) in [5.74, 6) is 0.393. The third-order valence-corrected chi connectivity index (χ3v) is 12.5. The Kier molecular flexibility index (Phi) is 13.7. The molecule has 4 aliphatic heterocycles. The van der Waals surface area contributed by atoms with Crippen LogP contribution in [0.15, 0.2) is 47.7 Å². The van der Waals surface area contributed by atoms with Crippen LogP contribution in [-0.2, 0) is 27.5 Å². The number of imide groups is 1. The lowest BCUT2D eigenvalue weighted by Crippen LogP contribution is -2.53. The molecule has 1 atom stereocenters. The van der Waals surface area contributed by atoms with Crippen molar-refractivity contribution in [3.05, 3.63) is 65.0 Å². The Balaban J connectivity index is 0.718. The van der Waals surface area contributed by atoms with Gasteiger partial charge in [0.05, 0.1) is 30.5 Å². The second kappa shape index (κ2) is 19.9. The number of nitrogen functional groups attached to an aromatic ring is 1. The number of likely N-dealkylation sites (tertiary alicyclic amines) is 1. The zero-order valence-corrected chi connectivity index (χ0v) is 36.5. The van der Waals surface area contributed by atoms with Gasteiger partial charge in [-0.3, -0.25) is 33.4 Å². The summed E-state index contributed by atoms with van der Waals surface area (Å²) in [4.78, 5) is 88.6. The molecule has 0 aliphatic carbocycles. The summed E-state index contributed by atoms with van der Waals surface area (Å²) >= 11 is 0. The van der Waals surface area contributed by atoms with Gasteiger partial charge in [-0.25, -0.2) is 15.0 Å². The number of methoxy groups -OCH3 is 1. The summed E-state index contributed by atoms with van der Waals surface area (Å²) in [5.41, 5.74) is 8.26. The highest BCUT2D eigenvalue weighted by Crippen LogP contribution is 2.37. The molecule has 4 aromatic rings. The first-order chi connectivity index (χ1) is 31.1. The fraction of sp³-hybridized carbons (Fsp3) is 0.489. The van der Waals surface area contributed by atoms with Crippen LogP contribution in [0, 0.1) is 0 Å². The van der Waals surface area contributed by atoms with Crippen LogP contribution >= 0.6 is 0 Å². The van der Waals surface area contributed by atoms with E-state index in [1.807, 2.05) is 28.8 Å². The topological polar surface area (TPSA) is 223 Å². The molecule has 0 radical (unpaired) electrons. The molecule has 5 amide bonds. The molecule has 2 aromatic heterocycles. The van der Waals surface area contributed by atoms with Crippen molar-refractivity contribution in [3.8, 4) is 11.5 Å². The smallest absolute Gasteiger partial charge is 0.283 e. The number of likely N-dealkylation sites (N-methyl/N-ethyl adjacent to an activating group) is 1. The molecule has 6 heterocycles. The Morgan fingerprint density at radius 2 is 1.67 bits per heavy atom. The quantitative estimate of drug-likeness (QED) is 0.103. The molecule has 0 bridgehead atoms. The van der Waals surface area contributed by atoms with Crippen LogP contribution in [0.25, 0.3) is 10.9 Å². The van der Waals surface area contributed by atoms with E-state index in [9.17, 15) is 24.0 Å². The molecule has 2 fully saturated rings. The monoisotopic (exact) mass is 876 g/mol. The maximum atomic E-state index is 13.4. The van der Waals surface area contributed by atoms with Gasteiger partial charge in [-0.15, -0.1) is 0 Å². The number of amides is 5. The van der Waals surface area contributed by atoms with E-state index in [0.717, 1.165) is 99.5 Å². The first-order valence-corrected chi connectivity index (χ1v) is 22.2. The lowest BCUT2D eigenvalue weighted by Gasteiger charge is -2.34. The lowest BCUT2D eigenvalue weighted by atomic mass is 10.0. The molecule has 64 heavy (non-hydrogen) atoms.